The van der Waals surface area contributed by atoms with E-state index in [0.29, 0.717) is 12.4 Å². The van der Waals surface area contributed by atoms with Gasteiger partial charge in [-0.2, -0.15) is 37.9 Å². The molecule has 0 aromatic carbocycles. The highest BCUT2D eigenvalue weighted by molar-refractivity contribution is 7.81. The maximum absolute atomic E-state index is 11.1. The highest BCUT2D eigenvalue weighted by Gasteiger charge is 2.13. The minimum absolute atomic E-state index is 0.255. The number of carbonyl (C=O) groups is 1. The first-order valence-electron chi connectivity index (χ1n) is 3.78. The number of hydrogen-bond acceptors (Lipinski definition) is 5. The van der Waals surface area contributed by atoms with Crippen LogP contribution in [0.25, 0.3) is 0 Å². The second kappa shape index (κ2) is 8.13. The van der Waals surface area contributed by atoms with Crippen molar-refractivity contribution in [3.05, 3.63) is 0 Å². The molecular formula is C7H14O2S3. The molecule has 0 aromatic rings. The van der Waals surface area contributed by atoms with Gasteiger partial charge in [-0.3, -0.25) is 4.79 Å². The topological polar surface area (TPSA) is 26.3 Å². The van der Waals surface area contributed by atoms with Crippen molar-refractivity contribution in [1.29, 1.82) is 0 Å². The monoisotopic (exact) mass is 226 g/mol. The van der Waals surface area contributed by atoms with Gasteiger partial charge in [0.25, 0.3) is 0 Å². The van der Waals surface area contributed by atoms with Gasteiger partial charge in [0.15, 0.2) is 0 Å². The Kier molecular flexibility index (Phi) is 8.49. The molecule has 72 valence electrons. The maximum Gasteiger partial charge on any atom is 0.318 e. The average molecular weight is 226 g/mol. The van der Waals surface area contributed by atoms with Crippen molar-refractivity contribution in [3.8, 4) is 0 Å². The SMILES string of the molecule is O=C(OCCS)C(S)CCCS. The van der Waals surface area contributed by atoms with E-state index in [2.05, 4.69) is 37.9 Å². The summed E-state index contributed by atoms with van der Waals surface area (Å²) < 4.78 is 4.83. The summed E-state index contributed by atoms with van der Waals surface area (Å²) in [6.45, 7) is 0.361. The van der Waals surface area contributed by atoms with E-state index in [4.69, 9.17) is 4.74 Å². The zero-order valence-corrected chi connectivity index (χ0v) is 9.45. The molecule has 0 bridgehead atoms. The van der Waals surface area contributed by atoms with E-state index in [9.17, 15) is 4.79 Å². The van der Waals surface area contributed by atoms with Crippen LogP contribution in [0.15, 0.2) is 0 Å². The largest absolute Gasteiger partial charge is 0.464 e. The van der Waals surface area contributed by atoms with E-state index in [1.165, 1.54) is 0 Å². The highest BCUT2D eigenvalue weighted by atomic mass is 32.1. The molecule has 0 spiro atoms. The van der Waals surface area contributed by atoms with Gasteiger partial charge >= 0.3 is 5.97 Å². The molecule has 0 rings (SSSR count). The van der Waals surface area contributed by atoms with Crippen molar-refractivity contribution in [2.75, 3.05) is 18.1 Å². The van der Waals surface area contributed by atoms with Crippen LogP contribution in [0.3, 0.4) is 0 Å². The van der Waals surface area contributed by atoms with Crippen LogP contribution in [0, 0.1) is 0 Å². The number of rotatable bonds is 6. The molecule has 0 N–H and O–H groups in total. The summed E-state index contributed by atoms with van der Waals surface area (Å²) in [5.74, 6) is 1.07. The van der Waals surface area contributed by atoms with E-state index in [-0.39, 0.29) is 11.2 Å². The van der Waals surface area contributed by atoms with Crippen LogP contribution in [0.2, 0.25) is 0 Å². The smallest absolute Gasteiger partial charge is 0.318 e. The Labute approximate surface area is 89.7 Å². The third kappa shape index (κ3) is 6.08. The first-order chi connectivity index (χ1) is 5.72. The third-order valence-corrected chi connectivity index (χ3v) is 2.21. The quantitative estimate of drug-likeness (QED) is 0.472. The van der Waals surface area contributed by atoms with Crippen LogP contribution in [0.4, 0.5) is 0 Å². The van der Waals surface area contributed by atoms with Gasteiger partial charge in [0.05, 0.1) is 5.25 Å². The van der Waals surface area contributed by atoms with Crippen LogP contribution in [0.1, 0.15) is 12.8 Å². The lowest BCUT2D eigenvalue weighted by Gasteiger charge is -2.08. The summed E-state index contributed by atoms with van der Waals surface area (Å²) in [6.07, 6.45) is 1.60. The third-order valence-electron chi connectivity index (χ3n) is 1.24. The normalized spacial score (nSPS) is 12.6. The minimum atomic E-state index is -0.308. The van der Waals surface area contributed by atoms with Gasteiger partial charge < -0.3 is 4.74 Å². The summed E-state index contributed by atoms with van der Waals surface area (Å²) in [7, 11) is 0. The van der Waals surface area contributed by atoms with E-state index in [1.807, 2.05) is 0 Å². The molecule has 0 heterocycles. The van der Waals surface area contributed by atoms with Crippen molar-refractivity contribution < 1.29 is 9.53 Å². The van der Waals surface area contributed by atoms with Crippen molar-refractivity contribution >= 4 is 43.9 Å². The van der Waals surface area contributed by atoms with E-state index in [1.54, 1.807) is 0 Å². The van der Waals surface area contributed by atoms with Gasteiger partial charge in [-0.25, -0.2) is 0 Å². The van der Waals surface area contributed by atoms with Gasteiger partial charge in [-0.05, 0) is 18.6 Å². The van der Waals surface area contributed by atoms with Crippen LogP contribution in [0.5, 0.6) is 0 Å². The Balaban J connectivity index is 3.47. The molecule has 0 saturated heterocycles. The van der Waals surface area contributed by atoms with Crippen LogP contribution >= 0.6 is 37.9 Å². The maximum atomic E-state index is 11.1. The predicted octanol–water partition coefficient (Wildman–Crippen LogP) is 1.47. The summed E-state index contributed by atoms with van der Waals surface area (Å²) in [5, 5.41) is -0.308. The zero-order chi connectivity index (χ0) is 9.40. The Morgan fingerprint density at radius 2 is 2.00 bits per heavy atom. The Bertz CT molecular complexity index is 130. The molecule has 0 aliphatic heterocycles. The lowest BCUT2D eigenvalue weighted by molar-refractivity contribution is -0.142. The van der Waals surface area contributed by atoms with E-state index < -0.39 is 0 Å². The molecular weight excluding hydrogens is 212 g/mol. The Hall–Kier alpha value is 0.520. The molecule has 2 nitrogen and oxygen atoms in total. The fourth-order valence-corrected chi connectivity index (χ4v) is 1.18. The molecule has 0 aromatic heterocycles. The molecule has 0 saturated carbocycles. The molecule has 5 heteroatoms. The lowest BCUT2D eigenvalue weighted by atomic mass is 10.2. The Morgan fingerprint density at radius 3 is 2.50 bits per heavy atom. The summed E-state index contributed by atoms with van der Waals surface area (Å²) in [4.78, 5) is 11.1. The van der Waals surface area contributed by atoms with Gasteiger partial charge in [-0.1, -0.05) is 0 Å². The van der Waals surface area contributed by atoms with Crippen LogP contribution < -0.4 is 0 Å². The molecule has 0 aliphatic rings. The van der Waals surface area contributed by atoms with E-state index >= 15 is 0 Å². The lowest BCUT2D eigenvalue weighted by Crippen LogP contribution is -2.19. The number of ether oxygens (including phenoxy) is 1. The molecule has 0 aliphatic carbocycles. The van der Waals surface area contributed by atoms with Gasteiger partial charge in [0.2, 0.25) is 0 Å². The second-order valence-electron chi connectivity index (χ2n) is 2.27. The first-order valence-corrected chi connectivity index (χ1v) is 5.57. The van der Waals surface area contributed by atoms with Gasteiger partial charge in [-0.15, -0.1) is 0 Å². The summed E-state index contributed by atoms with van der Waals surface area (Å²) in [6, 6.07) is 0. The van der Waals surface area contributed by atoms with Crippen molar-refractivity contribution in [3.63, 3.8) is 0 Å². The number of thiol groups is 3. The molecule has 1 unspecified atom stereocenters. The molecule has 1 atom stereocenters. The highest BCUT2D eigenvalue weighted by Crippen LogP contribution is 2.07. The van der Waals surface area contributed by atoms with Crippen molar-refractivity contribution in [1.82, 2.24) is 0 Å². The van der Waals surface area contributed by atoms with Crippen LogP contribution in [-0.4, -0.2) is 29.3 Å². The van der Waals surface area contributed by atoms with Crippen molar-refractivity contribution in [2.45, 2.75) is 18.1 Å². The summed E-state index contributed by atoms with van der Waals surface area (Å²) in [5.41, 5.74) is 0. The fraction of sp³-hybridized carbons (Fsp3) is 0.857. The van der Waals surface area contributed by atoms with Gasteiger partial charge in [0.1, 0.15) is 6.61 Å². The molecule has 12 heavy (non-hydrogen) atoms. The predicted molar refractivity (Wildman–Crippen MR) is 60.7 cm³/mol. The first kappa shape index (κ1) is 12.5. The fourth-order valence-electron chi connectivity index (χ4n) is 0.645. The minimum Gasteiger partial charge on any atom is -0.464 e. The standard InChI is InChI=1S/C7H14O2S3/c8-7(9-3-5-11)6(12)2-1-4-10/h6,10-12H,1-5H2. The molecule has 0 amide bonds. The van der Waals surface area contributed by atoms with Gasteiger partial charge in [0, 0.05) is 5.75 Å². The Morgan fingerprint density at radius 1 is 1.33 bits per heavy atom. The molecule has 0 radical (unpaired) electrons. The number of hydrogen-bond donors (Lipinski definition) is 3. The second-order valence-corrected chi connectivity index (χ2v) is 3.79. The zero-order valence-electron chi connectivity index (χ0n) is 6.77. The van der Waals surface area contributed by atoms with E-state index in [0.717, 1.165) is 18.6 Å². The average Bonchev–Trinajstić information content (AvgIpc) is 2.10. The number of carbonyl (C=O) groups excluding carboxylic acids is 1. The molecule has 0 fully saturated rings. The number of esters is 1. The van der Waals surface area contributed by atoms with Crippen molar-refractivity contribution in [2.24, 2.45) is 0 Å². The summed E-state index contributed by atoms with van der Waals surface area (Å²) >= 11 is 12.1. The van der Waals surface area contributed by atoms with Crippen LogP contribution in [-0.2, 0) is 9.53 Å².